The Labute approximate surface area is 210 Å². The number of carbonyl (C=O) groups is 2. The number of alkyl halides is 3. The van der Waals surface area contributed by atoms with Gasteiger partial charge in [0, 0.05) is 17.3 Å². The maximum atomic E-state index is 13.6. The van der Waals surface area contributed by atoms with Crippen LogP contribution >= 0.6 is 11.6 Å². The van der Waals surface area contributed by atoms with E-state index in [9.17, 15) is 27.9 Å². The van der Waals surface area contributed by atoms with Crippen molar-refractivity contribution >= 4 is 29.4 Å². The SMILES string of the molecule is N[C@H](CC1CCCCC1)C(O)C(=O)NNc1ncc(C(=O)OCc2ccc(Cl)cc2)c(C(F)(F)F)n1. The third-order valence-electron chi connectivity index (χ3n) is 5.86. The highest BCUT2D eigenvalue weighted by atomic mass is 35.5. The molecule has 1 amide bonds. The van der Waals surface area contributed by atoms with Gasteiger partial charge >= 0.3 is 12.1 Å². The highest BCUT2D eigenvalue weighted by Crippen LogP contribution is 2.31. The smallest absolute Gasteiger partial charge is 0.434 e. The number of benzene rings is 1. The number of esters is 1. The fourth-order valence-corrected chi connectivity index (χ4v) is 4.06. The minimum atomic E-state index is -5.01. The standard InChI is InChI=1S/C23H27ClF3N5O4/c24-15-8-6-14(7-9-15)12-36-21(35)16-11-29-22(30-19(16)23(25,26)27)32-31-20(34)18(33)17(28)10-13-4-2-1-3-5-13/h6-9,11,13,17-18,33H,1-5,10,12,28H2,(H,31,34)(H,29,30,32)/t17-,18?/m1/s1. The topological polar surface area (TPSA) is 139 Å². The molecule has 1 saturated carbocycles. The number of halogens is 4. The van der Waals surface area contributed by atoms with Crippen molar-refractivity contribution in [3.8, 4) is 0 Å². The average molecular weight is 530 g/mol. The van der Waals surface area contributed by atoms with Crippen LogP contribution in [0.3, 0.4) is 0 Å². The predicted octanol–water partition coefficient (Wildman–Crippen LogP) is 3.61. The van der Waals surface area contributed by atoms with E-state index in [1.807, 2.05) is 0 Å². The molecule has 0 saturated heterocycles. The summed E-state index contributed by atoms with van der Waals surface area (Å²) in [6, 6.07) is 5.37. The Hall–Kier alpha value is -2.96. The molecule has 3 rings (SSSR count). The van der Waals surface area contributed by atoms with Crippen LogP contribution in [0.5, 0.6) is 0 Å². The maximum absolute atomic E-state index is 13.6. The van der Waals surface area contributed by atoms with E-state index in [4.69, 9.17) is 22.1 Å². The summed E-state index contributed by atoms with van der Waals surface area (Å²) in [5, 5.41) is 10.6. The molecule has 1 aromatic heterocycles. The summed E-state index contributed by atoms with van der Waals surface area (Å²) in [6.07, 6.45) is -0.252. The number of aliphatic hydroxyl groups is 1. The molecule has 13 heteroatoms. The molecule has 1 aromatic carbocycles. The minimum absolute atomic E-state index is 0.289. The summed E-state index contributed by atoms with van der Waals surface area (Å²) in [5.41, 5.74) is 8.20. The molecule has 1 fully saturated rings. The number of aliphatic hydroxyl groups excluding tert-OH is 1. The second kappa shape index (κ2) is 12.3. The van der Waals surface area contributed by atoms with Gasteiger partial charge in [0.15, 0.2) is 5.69 Å². The summed E-state index contributed by atoms with van der Waals surface area (Å²) in [5.74, 6) is -2.55. The van der Waals surface area contributed by atoms with Gasteiger partial charge < -0.3 is 15.6 Å². The molecule has 1 heterocycles. The van der Waals surface area contributed by atoms with E-state index in [1.165, 1.54) is 0 Å². The average Bonchev–Trinajstić information content (AvgIpc) is 2.86. The van der Waals surface area contributed by atoms with Crippen LogP contribution in [-0.4, -0.2) is 39.1 Å². The van der Waals surface area contributed by atoms with Gasteiger partial charge in [-0.2, -0.15) is 13.2 Å². The number of anilines is 1. The lowest BCUT2D eigenvalue weighted by Gasteiger charge is -2.26. The van der Waals surface area contributed by atoms with Gasteiger partial charge in [-0.15, -0.1) is 0 Å². The monoisotopic (exact) mass is 529 g/mol. The number of nitrogens with zero attached hydrogens (tertiary/aromatic N) is 2. The van der Waals surface area contributed by atoms with Crippen LogP contribution in [0.1, 0.15) is 60.1 Å². The van der Waals surface area contributed by atoms with E-state index in [-0.39, 0.29) is 6.61 Å². The van der Waals surface area contributed by atoms with Crippen molar-refractivity contribution in [2.45, 2.75) is 63.5 Å². The number of aromatic nitrogens is 2. The zero-order valence-corrected chi connectivity index (χ0v) is 20.0. The maximum Gasteiger partial charge on any atom is 0.434 e. The second-order valence-corrected chi connectivity index (χ2v) is 9.06. The van der Waals surface area contributed by atoms with Gasteiger partial charge in [0.1, 0.15) is 18.3 Å². The fourth-order valence-electron chi connectivity index (χ4n) is 3.94. The molecule has 9 nitrogen and oxygen atoms in total. The minimum Gasteiger partial charge on any atom is -0.457 e. The summed E-state index contributed by atoms with van der Waals surface area (Å²) < 4.78 is 45.7. The van der Waals surface area contributed by atoms with Crippen molar-refractivity contribution in [3.05, 3.63) is 52.3 Å². The zero-order chi connectivity index (χ0) is 26.3. The van der Waals surface area contributed by atoms with Crippen molar-refractivity contribution < 1.29 is 32.6 Å². The third kappa shape index (κ3) is 7.77. The van der Waals surface area contributed by atoms with Crippen molar-refractivity contribution in [2.24, 2.45) is 11.7 Å². The van der Waals surface area contributed by atoms with Crippen molar-refractivity contribution in [2.75, 3.05) is 5.43 Å². The number of ether oxygens (including phenoxy) is 1. The molecule has 1 aliphatic carbocycles. The van der Waals surface area contributed by atoms with Crippen LogP contribution in [0.4, 0.5) is 19.1 Å². The molecule has 0 spiro atoms. The van der Waals surface area contributed by atoms with E-state index in [0.717, 1.165) is 32.1 Å². The molecule has 0 aliphatic heterocycles. The second-order valence-electron chi connectivity index (χ2n) is 8.62. The van der Waals surface area contributed by atoms with Gasteiger partial charge in [-0.3, -0.25) is 15.6 Å². The Kier molecular flexibility index (Phi) is 9.46. The first-order chi connectivity index (χ1) is 17.0. The molecular weight excluding hydrogens is 503 g/mol. The Morgan fingerprint density at radius 2 is 1.86 bits per heavy atom. The Morgan fingerprint density at radius 1 is 1.19 bits per heavy atom. The fraction of sp³-hybridized carbons (Fsp3) is 0.478. The first-order valence-electron chi connectivity index (χ1n) is 11.4. The van der Waals surface area contributed by atoms with Crippen molar-refractivity contribution in [1.82, 2.24) is 15.4 Å². The van der Waals surface area contributed by atoms with E-state index in [0.29, 0.717) is 29.1 Å². The zero-order valence-electron chi connectivity index (χ0n) is 19.2. The summed E-state index contributed by atoms with van der Waals surface area (Å²) >= 11 is 5.77. The molecule has 196 valence electrons. The lowest BCUT2D eigenvalue weighted by Crippen LogP contribution is -2.49. The molecule has 0 radical (unpaired) electrons. The van der Waals surface area contributed by atoms with Gasteiger partial charge in [0.05, 0.1) is 0 Å². The largest absolute Gasteiger partial charge is 0.457 e. The number of nitrogens with two attached hydrogens (primary N) is 1. The summed E-state index contributed by atoms with van der Waals surface area (Å²) in [4.78, 5) is 31.5. The van der Waals surface area contributed by atoms with Crippen LogP contribution in [0, 0.1) is 5.92 Å². The van der Waals surface area contributed by atoms with Gasteiger partial charge in [-0.05, 0) is 30.0 Å². The number of amides is 1. The molecule has 5 N–H and O–H groups in total. The van der Waals surface area contributed by atoms with Crippen LogP contribution in [0.25, 0.3) is 0 Å². The molecule has 2 atom stereocenters. The molecular formula is C23H27ClF3N5O4. The van der Waals surface area contributed by atoms with Gasteiger partial charge in [-0.25, -0.2) is 14.8 Å². The molecule has 36 heavy (non-hydrogen) atoms. The van der Waals surface area contributed by atoms with Gasteiger partial charge in [-0.1, -0.05) is 55.8 Å². The lowest BCUT2D eigenvalue weighted by atomic mass is 9.84. The number of nitrogens with one attached hydrogen (secondary N) is 2. The normalized spacial score (nSPS) is 16.2. The number of hydrazine groups is 1. The van der Waals surface area contributed by atoms with Gasteiger partial charge in [0.2, 0.25) is 5.95 Å². The van der Waals surface area contributed by atoms with Crippen LogP contribution < -0.4 is 16.6 Å². The van der Waals surface area contributed by atoms with E-state index in [1.54, 1.807) is 24.3 Å². The number of carbonyl (C=O) groups excluding carboxylic acids is 2. The Morgan fingerprint density at radius 3 is 2.50 bits per heavy atom. The van der Waals surface area contributed by atoms with Gasteiger partial charge in [0.25, 0.3) is 5.91 Å². The van der Waals surface area contributed by atoms with E-state index in [2.05, 4.69) is 20.8 Å². The Balaban J connectivity index is 1.61. The molecule has 2 aromatic rings. The first-order valence-corrected chi connectivity index (χ1v) is 11.8. The van der Waals surface area contributed by atoms with Crippen LogP contribution in [0.2, 0.25) is 5.02 Å². The van der Waals surface area contributed by atoms with Crippen LogP contribution in [0.15, 0.2) is 30.5 Å². The summed E-state index contributed by atoms with van der Waals surface area (Å²) in [6.45, 7) is -0.289. The third-order valence-corrected chi connectivity index (χ3v) is 6.11. The summed E-state index contributed by atoms with van der Waals surface area (Å²) in [7, 11) is 0. The first kappa shape index (κ1) is 27.6. The predicted molar refractivity (Wildman–Crippen MR) is 125 cm³/mol. The number of rotatable bonds is 9. The highest BCUT2D eigenvalue weighted by Gasteiger charge is 2.39. The number of hydrogen-bond acceptors (Lipinski definition) is 8. The van der Waals surface area contributed by atoms with E-state index >= 15 is 0 Å². The van der Waals surface area contributed by atoms with E-state index < -0.39 is 47.4 Å². The quantitative estimate of drug-likeness (QED) is 0.285. The Bertz CT molecular complexity index is 1050. The number of hydrogen-bond donors (Lipinski definition) is 4. The van der Waals surface area contributed by atoms with Crippen molar-refractivity contribution in [3.63, 3.8) is 0 Å². The highest BCUT2D eigenvalue weighted by molar-refractivity contribution is 6.30. The van der Waals surface area contributed by atoms with Crippen molar-refractivity contribution in [1.29, 1.82) is 0 Å². The molecule has 0 bridgehead atoms. The van der Waals surface area contributed by atoms with Crippen LogP contribution in [-0.2, 0) is 22.3 Å². The molecule has 1 unspecified atom stereocenters. The molecule has 1 aliphatic rings. The lowest BCUT2D eigenvalue weighted by molar-refractivity contribution is -0.141.